The molecule has 0 bridgehead atoms. The van der Waals surface area contributed by atoms with Crippen LogP contribution in [-0.4, -0.2) is 21.2 Å². The molecule has 4 heteroatoms. The van der Waals surface area contributed by atoms with Crippen molar-refractivity contribution in [3.63, 3.8) is 0 Å². The standard InChI is InChI=1S/C16H27N3O/c17-11-16(8-4-2-1-3-5-9-16)15(20)14-10-18-12-19(14)13-6-7-13/h10,12-13,15,20H,1-9,11,17H2. The van der Waals surface area contributed by atoms with Crippen molar-refractivity contribution in [1.29, 1.82) is 0 Å². The summed E-state index contributed by atoms with van der Waals surface area (Å²) in [6, 6.07) is 0.561. The van der Waals surface area contributed by atoms with E-state index in [4.69, 9.17) is 5.73 Å². The summed E-state index contributed by atoms with van der Waals surface area (Å²) in [4.78, 5) is 4.27. The Balaban J connectivity index is 1.84. The molecule has 0 amide bonds. The molecule has 0 aliphatic heterocycles. The normalized spacial score (nSPS) is 24.9. The van der Waals surface area contributed by atoms with Crippen LogP contribution in [-0.2, 0) is 0 Å². The number of hydrogen-bond acceptors (Lipinski definition) is 3. The number of aliphatic hydroxyl groups is 1. The minimum absolute atomic E-state index is 0.146. The van der Waals surface area contributed by atoms with Gasteiger partial charge in [-0.15, -0.1) is 0 Å². The lowest BCUT2D eigenvalue weighted by molar-refractivity contribution is 0.00309. The third-order valence-electron chi connectivity index (χ3n) is 5.25. The van der Waals surface area contributed by atoms with Gasteiger partial charge in [-0.1, -0.05) is 32.1 Å². The van der Waals surface area contributed by atoms with Gasteiger partial charge in [0.2, 0.25) is 0 Å². The van der Waals surface area contributed by atoms with Crippen LogP contribution in [0.4, 0.5) is 0 Å². The van der Waals surface area contributed by atoms with E-state index in [9.17, 15) is 5.11 Å². The Morgan fingerprint density at radius 3 is 2.50 bits per heavy atom. The fourth-order valence-electron chi connectivity index (χ4n) is 3.70. The first kappa shape index (κ1) is 14.1. The van der Waals surface area contributed by atoms with E-state index in [-0.39, 0.29) is 5.41 Å². The van der Waals surface area contributed by atoms with E-state index in [1.54, 1.807) is 0 Å². The van der Waals surface area contributed by atoms with E-state index in [2.05, 4.69) is 9.55 Å². The van der Waals surface area contributed by atoms with Gasteiger partial charge in [0.25, 0.3) is 0 Å². The predicted molar refractivity (Wildman–Crippen MR) is 79.3 cm³/mol. The highest BCUT2D eigenvalue weighted by atomic mass is 16.3. The molecule has 1 atom stereocenters. The molecule has 2 saturated carbocycles. The van der Waals surface area contributed by atoms with Crippen molar-refractivity contribution in [2.24, 2.45) is 11.1 Å². The first-order valence-corrected chi connectivity index (χ1v) is 8.17. The van der Waals surface area contributed by atoms with Crippen molar-refractivity contribution in [3.05, 3.63) is 18.2 Å². The van der Waals surface area contributed by atoms with Gasteiger partial charge in [-0.3, -0.25) is 0 Å². The van der Waals surface area contributed by atoms with E-state index in [1.165, 1.54) is 44.9 Å². The molecular formula is C16H27N3O. The summed E-state index contributed by atoms with van der Waals surface area (Å²) in [7, 11) is 0. The van der Waals surface area contributed by atoms with Gasteiger partial charge < -0.3 is 15.4 Å². The van der Waals surface area contributed by atoms with Gasteiger partial charge in [0.05, 0.1) is 18.2 Å². The highest BCUT2D eigenvalue weighted by Crippen LogP contribution is 2.46. The summed E-state index contributed by atoms with van der Waals surface area (Å²) >= 11 is 0. The van der Waals surface area contributed by atoms with Crippen molar-refractivity contribution in [2.45, 2.75) is 69.9 Å². The van der Waals surface area contributed by atoms with Gasteiger partial charge in [0.1, 0.15) is 6.10 Å². The minimum Gasteiger partial charge on any atom is -0.386 e. The van der Waals surface area contributed by atoms with Crippen molar-refractivity contribution in [3.8, 4) is 0 Å². The van der Waals surface area contributed by atoms with Gasteiger partial charge >= 0.3 is 0 Å². The molecule has 3 N–H and O–H groups in total. The largest absolute Gasteiger partial charge is 0.386 e. The van der Waals surface area contributed by atoms with Gasteiger partial charge in [-0.25, -0.2) is 4.98 Å². The second-order valence-corrected chi connectivity index (χ2v) is 6.69. The van der Waals surface area contributed by atoms with Crippen molar-refractivity contribution < 1.29 is 5.11 Å². The van der Waals surface area contributed by atoms with Gasteiger partial charge in [-0.2, -0.15) is 0 Å². The van der Waals surface area contributed by atoms with E-state index in [1.807, 2.05) is 12.5 Å². The lowest BCUT2D eigenvalue weighted by atomic mass is 9.71. The first-order valence-electron chi connectivity index (χ1n) is 8.17. The predicted octanol–water partition coefficient (Wildman–Crippen LogP) is 2.94. The summed E-state index contributed by atoms with van der Waals surface area (Å²) in [5.41, 5.74) is 6.96. The molecule has 4 nitrogen and oxygen atoms in total. The van der Waals surface area contributed by atoms with Crippen molar-refractivity contribution in [1.82, 2.24) is 9.55 Å². The monoisotopic (exact) mass is 277 g/mol. The molecule has 1 aromatic heterocycles. The third-order valence-corrected chi connectivity index (χ3v) is 5.25. The Hall–Kier alpha value is -0.870. The number of rotatable bonds is 4. The molecule has 3 rings (SSSR count). The van der Waals surface area contributed by atoms with Gasteiger partial charge in [0.15, 0.2) is 0 Å². The molecule has 0 radical (unpaired) electrons. The minimum atomic E-state index is -0.464. The second-order valence-electron chi connectivity index (χ2n) is 6.69. The summed E-state index contributed by atoms with van der Waals surface area (Å²) < 4.78 is 2.18. The number of nitrogens with zero attached hydrogens (tertiary/aromatic N) is 2. The molecule has 112 valence electrons. The Morgan fingerprint density at radius 1 is 1.25 bits per heavy atom. The second kappa shape index (κ2) is 5.86. The zero-order chi connectivity index (χ0) is 14.0. The van der Waals surface area contributed by atoms with Crippen LogP contribution in [0, 0.1) is 5.41 Å². The quantitative estimate of drug-likeness (QED) is 0.889. The van der Waals surface area contributed by atoms with Gasteiger partial charge in [-0.05, 0) is 25.7 Å². The molecule has 1 aromatic rings. The van der Waals surface area contributed by atoms with E-state index < -0.39 is 6.10 Å². The molecule has 2 aliphatic carbocycles. The molecule has 0 saturated heterocycles. The Bertz CT molecular complexity index is 431. The molecule has 0 aromatic carbocycles. The number of aliphatic hydroxyl groups excluding tert-OH is 1. The summed E-state index contributed by atoms with van der Waals surface area (Å²) in [6.45, 7) is 0.573. The highest BCUT2D eigenvalue weighted by molar-refractivity contribution is 5.11. The maximum Gasteiger partial charge on any atom is 0.102 e. The van der Waals surface area contributed by atoms with E-state index >= 15 is 0 Å². The number of hydrogen-bond donors (Lipinski definition) is 2. The average Bonchev–Trinajstić information content (AvgIpc) is 3.16. The van der Waals surface area contributed by atoms with Crippen LogP contribution in [0.1, 0.15) is 75.6 Å². The zero-order valence-electron chi connectivity index (χ0n) is 12.3. The topological polar surface area (TPSA) is 64.1 Å². The number of nitrogens with two attached hydrogens (primary N) is 1. The van der Waals surface area contributed by atoms with E-state index in [0.29, 0.717) is 12.6 Å². The van der Waals surface area contributed by atoms with Crippen LogP contribution in [0.5, 0.6) is 0 Å². The summed E-state index contributed by atoms with van der Waals surface area (Å²) in [5.74, 6) is 0. The first-order chi connectivity index (χ1) is 9.77. The Kier molecular flexibility index (Phi) is 4.13. The number of imidazole rings is 1. The van der Waals surface area contributed by atoms with Crippen LogP contribution in [0.15, 0.2) is 12.5 Å². The maximum absolute atomic E-state index is 11.0. The van der Waals surface area contributed by atoms with Gasteiger partial charge in [0, 0.05) is 18.0 Å². The smallest absolute Gasteiger partial charge is 0.102 e. The van der Waals surface area contributed by atoms with Crippen molar-refractivity contribution in [2.75, 3.05) is 6.54 Å². The molecule has 1 unspecified atom stereocenters. The van der Waals surface area contributed by atoms with Crippen LogP contribution in [0.3, 0.4) is 0 Å². The third kappa shape index (κ3) is 2.63. The van der Waals surface area contributed by atoms with E-state index in [0.717, 1.165) is 18.5 Å². The lowest BCUT2D eigenvalue weighted by Gasteiger charge is -2.39. The molecule has 0 spiro atoms. The van der Waals surface area contributed by atoms with Crippen LogP contribution in [0.2, 0.25) is 0 Å². The van der Waals surface area contributed by atoms with Crippen LogP contribution in [0.25, 0.3) is 0 Å². The zero-order valence-corrected chi connectivity index (χ0v) is 12.3. The number of aromatic nitrogens is 2. The Labute approximate surface area is 121 Å². The van der Waals surface area contributed by atoms with Crippen LogP contribution >= 0.6 is 0 Å². The Morgan fingerprint density at radius 2 is 1.90 bits per heavy atom. The highest BCUT2D eigenvalue weighted by Gasteiger charge is 2.40. The maximum atomic E-state index is 11.0. The molecule has 1 heterocycles. The molecular weight excluding hydrogens is 250 g/mol. The lowest BCUT2D eigenvalue weighted by Crippen LogP contribution is -2.38. The fraction of sp³-hybridized carbons (Fsp3) is 0.812. The molecule has 2 aliphatic rings. The molecule has 2 fully saturated rings. The summed E-state index contributed by atoms with van der Waals surface area (Å²) in [6.07, 6.45) is 14.0. The average molecular weight is 277 g/mol. The van der Waals surface area contributed by atoms with Crippen LogP contribution < -0.4 is 5.73 Å². The van der Waals surface area contributed by atoms with Crippen molar-refractivity contribution >= 4 is 0 Å². The SMILES string of the molecule is NCC1(C(O)c2cncn2C2CC2)CCCCCCC1. The summed E-state index contributed by atoms with van der Waals surface area (Å²) in [5, 5.41) is 11.0. The fourth-order valence-corrected chi connectivity index (χ4v) is 3.70. The molecule has 20 heavy (non-hydrogen) atoms.